The van der Waals surface area contributed by atoms with Gasteiger partial charge in [0.15, 0.2) is 0 Å². The van der Waals surface area contributed by atoms with Crippen LogP contribution in [0.3, 0.4) is 0 Å². The molecule has 348 valence electrons. The highest BCUT2D eigenvalue weighted by atomic mass is 79.9. The molecule has 4 fully saturated rings. The predicted octanol–water partition coefficient (Wildman–Crippen LogP) is 6.31. The van der Waals surface area contributed by atoms with Gasteiger partial charge in [-0.15, -0.1) is 0 Å². The van der Waals surface area contributed by atoms with Crippen molar-refractivity contribution >= 4 is 86.5 Å². The number of nitrogens with one attached hydrogen (secondary N) is 3. The molecule has 5 aliphatic rings. The first kappa shape index (κ1) is 44.7. The van der Waals surface area contributed by atoms with Gasteiger partial charge in [-0.25, -0.2) is 4.98 Å². The summed E-state index contributed by atoms with van der Waals surface area (Å²) in [5.41, 5.74) is 7.12. The summed E-state index contributed by atoms with van der Waals surface area (Å²) < 4.78 is 21.9. The van der Waals surface area contributed by atoms with Gasteiger partial charge in [0.25, 0.3) is 11.8 Å². The van der Waals surface area contributed by atoms with Crippen molar-refractivity contribution in [3.63, 3.8) is 0 Å². The van der Waals surface area contributed by atoms with E-state index >= 15 is 0 Å². The van der Waals surface area contributed by atoms with Crippen LogP contribution in [-0.2, 0) is 21.2 Å². The van der Waals surface area contributed by atoms with E-state index in [1.807, 2.05) is 31.6 Å². The van der Waals surface area contributed by atoms with E-state index in [1.165, 1.54) is 5.56 Å². The number of hydrogen-bond donors (Lipinski definition) is 3. The first-order valence-corrected chi connectivity index (χ1v) is 26.1. The Morgan fingerprint density at radius 2 is 1.64 bits per heavy atom. The molecule has 1 unspecified atom stereocenters. The molecule has 17 nitrogen and oxygen atoms in total. The largest absolute Gasteiger partial charge is 0.494 e. The Morgan fingerprint density at radius 1 is 0.851 bits per heavy atom. The van der Waals surface area contributed by atoms with Crippen LogP contribution in [0, 0.1) is 5.92 Å². The minimum Gasteiger partial charge on any atom is -0.494 e. The van der Waals surface area contributed by atoms with Crippen LogP contribution < -0.4 is 35.8 Å². The van der Waals surface area contributed by atoms with E-state index in [0.29, 0.717) is 45.1 Å². The molecular weight excluding hydrogens is 937 g/mol. The van der Waals surface area contributed by atoms with Crippen molar-refractivity contribution in [1.29, 1.82) is 0 Å². The van der Waals surface area contributed by atoms with Crippen molar-refractivity contribution in [3.05, 3.63) is 88.3 Å². The second-order valence-electron chi connectivity index (χ2n) is 18.6. The van der Waals surface area contributed by atoms with E-state index in [4.69, 9.17) is 9.72 Å². The maximum atomic E-state index is 13.5. The highest BCUT2D eigenvalue weighted by Crippen LogP contribution is 2.45. The number of aryl methyl sites for hydroxylation is 1. The summed E-state index contributed by atoms with van der Waals surface area (Å²) in [6.07, 6.45) is 9.10. The monoisotopic (exact) mass is 989 g/mol. The van der Waals surface area contributed by atoms with E-state index in [2.05, 4.69) is 80.9 Å². The quantitative estimate of drug-likeness (QED) is 0.0880. The number of rotatable bonds is 13. The first-order valence-electron chi connectivity index (χ1n) is 22.8. The molecule has 4 amide bonds. The molecule has 2 aromatic heterocycles. The van der Waals surface area contributed by atoms with Gasteiger partial charge in [0.2, 0.25) is 17.8 Å². The summed E-state index contributed by atoms with van der Waals surface area (Å²) in [5.74, 6) is 0.487. The number of carbonyl (C=O) groups excluding carboxylic acids is 4. The van der Waals surface area contributed by atoms with E-state index in [1.54, 1.807) is 43.5 Å². The van der Waals surface area contributed by atoms with E-state index in [-0.39, 0.29) is 18.4 Å². The fraction of sp³-hybridized carbons (Fsp3) is 0.396. The molecule has 19 heteroatoms. The second-order valence-corrected chi connectivity index (χ2v) is 22.6. The summed E-state index contributed by atoms with van der Waals surface area (Å²) in [7, 11) is 0.951. The number of imide groups is 2. The number of amides is 4. The highest BCUT2D eigenvalue weighted by molar-refractivity contribution is 9.10. The molecule has 0 radical (unpaired) electrons. The Labute approximate surface area is 397 Å². The molecule has 1 saturated carbocycles. The van der Waals surface area contributed by atoms with Crippen LogP contribution in [0.1, 0.15) is 64.3 Å². The van der Waals surface area contributed by atoms with Gasteiger partial charge in [0.1, 0.15) is 24.8 Å². The summed E-state index contributed by atoms with van der Waals surface area (Å²) >= 11 is 3.62. The van der Waals surface area contributed by atoms with Crippen LogP contribution in [0.2, 0.25) is 0 Å². The molecule has 10 rings (SSSR count). The van der Waals surface area contributed by atoms with Gasteiger partial charge in [0.05, 0.1) is 40.3 Å². The zero-order valence-electron chi connectivity index (χ0n) is 37.9. The first-order chi connectivity index (χ1) is 32.2. The number of piperidine rings is 1. The molecule has 67 heavy (non-hydrogen) atoms. The molecule has 3 aromatic carbocycles. The molecular formula is C48H53BrN11O6P. The normalized spacial score (nSPS) is 20.1. The van der Waals surface area contributed by atoms with Crippen molar-refractivity contribution in [2.45, 2.75) is 44.1 Å². The number of piperazine rings is 1. The number of fused-ring (bicyclic) bond motifs is 1. The third kappa shape index (κ3) is 9.06. The highest BCUT2D eigenvalue weighted by Gasteiger charge is 2.45. The lowest BCUT2D eigenvalue weighted by Crippen LogP contribution is -2.54. The summed E-state index contributed by atoms with van der Waals surface area (Å²) in [5, 5.41) is 14.4. The number of halogens is 1. The van der Waals surface area contributed by atoms with Crippen molar-refractivity contribution in [2.75, 3.05) is 86.7 Å². The molecule has 0 bridgehead atoms. The van der Waals surface area contributed by atoms with Crippen LogP contribution in [0.5, 0.6) is 5.75 Å². The Morgan fingerprint density at radius 3 is 2.36 bits per heavy atom. The van der Waals surface area contributed by atoms with Gasteiger partial charge in [-0.3, -0.25) is 39.0 Å². The molecule has 5 aromatic rings. The number of hydrogen-bond acceptors (Lipinski definition) is 14. The third-order valence-corrected chi connectivity index (χ3v) is 15.6. The maximum Gasteiger partial charge on any atom is 0.262 e. The number of ether oxygens (including phenoxy) is 1. The fourth-order valence-corrected chi connectivity index (χ4v) is 11.3. The second kappa shape index (κ2) is 17.8. The molecule has 2 atom stereocenters. The smallest absolute Gasteiger partial charge is 0.262 e. The van der Waals surface area contributed by atoms with Crippen molar-refractivity contribution in [1.82, 2.24) is 34.9 Å². The van der Waals surface area contributed by atoms with Crippen molar-refractivity contribution in [2.24, 2.45) is 13.0 Å². The number of methoxy groups -OCH3 is 1. The minimum absolute atomic E-state index is 0.0823. The summed E-state index contributed by atoms with van der Waals surface area (Å²) in [6.45, 7) is 9.54. The Hall–Kier alpha value is -6.10. The average molecular weight is 991 g/mol. The molecule has 3 saturated heterocycles. The Kier molecular flexibility index (Phi) is 11.9. The number of nitrogens with zero attached hydrogens (tertiary/aromatic N) is 8. The third-order valence-electron chi connectivity index (χ3n) is 13.5. The molecule has 1 aliphatic carbocycles. The predicted molar refractivity (Wildman–Crippen MR) is 261 cm³/mol. The fourth-order valence-electron chi connectivity index (χ4n) is 9.83. The van der Waals surface area contributed by atoms with Crippen LogP contribution in [0.25, 0.3) is 11.1 Å². The lowest BCUT2D eigenvalue weighted by molar-refractivity contribution is -0.136. The zero-order chi connectivity index (χ0) is 46.7. The minimum atomic E-state index is -2.61. The van der Waals surface area contributed by atoms with Gasteiger partial charge in [0, 0.05) is 106 Å². The van der Waals surface area contributed by atoms with Gasteiger partial charge in [-0.05, 0) is 109 Å². The molecule has 0 spiro atoms. The lowest BCUT2D eigenvalue weighted by Gasteiger charge is -2.38. The number of anilines is 6. The van der Waals surface area contributed by atoms with Crippen LogP contribution in [0.4, 0.5) is 34.5 Å². The topological polar surface area (TPSA) is 187 Å². The maximum absolute atomic E-state index is 13.5. The van der Waals surface area contributed by atoms with Crippen LogP contribution in [0.15, 0.2) is 71.6 Å². The standard InChI is InChI=1S/C48H53BrN11O6P/c1-56-27-31(23-51-56)34-21-38(53-48-50-24-36(49)44(55-48)52-37-10-7-30(29-5-6-29)19-42(37)67(3,4)65)41(66-2)22-40(34)58-17-15-57(16-18-58)25-28-13-14-59(26-28)32-8-9-33-35(20-32)47(64)60(46(33)63)39-11-12-43(61)54-45(39)62/h7-10,19-24,27-29,39H,5-6,11-18,25-26H2,1-4H3,(H,54,61,62)(H2,50,52,53,55)/t28-,39?/m1/s1. The molecule has 3 N–H and O–H groups in total. The lowest BCUT2D eigenvalue weighted by atomic mass is 10.0. The van der Waals surface area contributed by atoms with Gasteiger partial charge in [-0.1, -0.05) is 6.07 Å². The summed E-state index contributed by atoms with van der Waals surface area (Å²) in [6, 6.07) is 14.7. The molecule has 4 aliphatic heterocycles. The van der Waals surface area contributed by atoms with E-state index < -0.39 is 36.8 Å². The van der Waals surface area contributed by atoms with Crippen molar-refractivity contribution < 1.29 is 28.5 Å². The van der Waals surface area contributed by atoms with Crippen LogP contribution in [-0.4, -0.2) is 125 Å². The van der Waals surface area contributed by atoms with Gasteiger partial charge in [-0.2, -0.15) is 10.1 Å². The number of aromatic nitrogens is 4. The summed E-state index contributed by atoms with van der Waals surface area (Å²) in [4.78, 5) is 68.7. The number of benzene rings is 3. The van der Waals surface area contributed by atoms with Gasteiger partial charge < -0.3 is 29.7 Å². The van der Waals surface area contributed by atoms with E-state index in [9.17, 15) is 23.7 Å². The van der Waals surface area contributed by atoms with Crippen LogP contribution >= 0.6 is 23.1 Å². The zero-order valence-corrected chi connectivity index (χ0v) is 40.4. The SMILES string of the molecule is COc1cc(N2CCN(C[C@H]3CCN(c4ccc5c(c4)C(=O)N(C4CCC(=O)NC4=O)C5=O)C3)CC2)c(-c2cnn(C)c2)cc1Nc1ncc(Br)c(Nc2ccc(C3CC3)cc2P(C)(C)=O)n1. The average Bonchev–Trinajstić information content (AvgIpc) is 3.82. The Balaban J connectivity index is 0.811. The van der Waals surface area contributed by atoms with E-state index in [0.717, 1.165) is 103 Å². The number of carbonyl (C=O) groups is 4. The Bertz CT molecular complexity index is 2870. The molecule has 6 heterocycles. The van der Waals surface area contributed by atoms with Gasteiger partial charge >= 0.3 is 0 Å². The van der Waals surface area contributed by atoms with Crippen molar-refractivity contribution in [3.8, 4) is 16.9 Å².